The number of pyridine rings is 1. The molecule has 2 aromatic carbocycles. The highest BCUT2D eigenvalue weighted by Gasteiger charge is 2.55. The van der Waals surface area contributed by atoms with Crippen LogP contribution in [-0.2, 0) is 14.7 Å². The Morgan fingerprint density at radius 2 is 1.82 bits per heavy atom. The number of aliphatic hydroxyl groups is 1. The van der Waals surface area contributed by atoms with Gasteiger partial charge in [-0.1, -0.05) is 48.0 Å². The summed E-state index contributed by atoms with van der Waals surface area (Å²) in [4.78, 5) is 11.5. The zero-order chi connectivity index (χ0) is 27.1. The number of aliphatic hydroxyl groups excluding tert-OH is 1. The molecule has 2 aromatic heterocycles. The van der Waals surface area contributed by atoms with E-state index >= 15 is 0 Å². The third-order valence-corrected chi connectivity index (χ3v) is 7.75. The molecule has 4 aromatic rings. The van der Waals surface area contributed by atoms with Gasteiger partial charge in [-0.3, -0.25) is 0 Å². The number of halogens is 3. The van der Waals surface area contributed by atoms with Crippen molar-refractivity contribution in [2.75, 3.05) is 26.5 Å². The van der Waals surface area contributed by atoms with Crippen LogP contribution in [0, 0.1) is 0 Å². The number of H-pyrrole nitrogens is 1. The van der Waals surface area contributed by atoms with Crippen molar-refractivity contribution < 1.29 is 27.6 Å². The zero-order valence-electron chi connectivity index (χ0n) is 20.3. The van der Waals surface area contributed by atoms with Gasteiger partial charge in [-0.05, 0) is 36.4 Å². The quantitative estimate of drug-likeness (QED) is 0.302. The Labute approximate surface area is 222 Å². The fourth-order valence-electron chi connectivity index (χ4n) is 3.99. The minimum absolute atomic E-state index is 0.147. The van der Waals surface area contributed by atoms with Crippen LogP contribution in [0.5, 0.6) is 6.01 Å². The number of rotatable bonds is 7. The number of hydrogen-bond donors (Lipinski definition) is 3. The van der Waals surface area contributed by atoms with Crippen LogP contribution in [0.4, 0.5) is 14.5 Å². The zero-order valence-corrected chi connectivity index (χ0v) is 21.9. The molecule has 0 amide bonds. The van der Waals surface area contributed by atoms with Gasteiger partial charge in [0, 0.05) is 11.8 Å². The minimum Gasteiger partial charge on any atom is -0.452 e. The van der Waals surface area contributed by atoms with E-state index in [1.807, 2.05) is 36.4 Å². The lowest BCUT2D eigenvalue weighted by Crippen LogP contribution is -2.43. The van der Waals surface area contributed by atoms with Crippen molar-refractivity contribution in [1.29, 1.82) is 0 Å². The van der Waals surface area contributed by atoms with Gasteiger partial charge in [0.25, 0.3) is 6.01 Å². The van der Waals surface area contributed by atoms with Gasteiger partial charge >= 0.3 is 5.92 Å². The molecule has 200 valence electrons. The van der Waals surface area contributed by atoms with Crippen LogP contribution in [0.15, 0.2) is 59.0 Å². The fraction of sp³-hybridized carbons (Fsp3) is 0.280. The van der Waals surface area contributed by atoms with Crippen LogP contribution in [0.3, 0.4) is 0 Å². The molecular weight excluding hydrogens is 540 g/mol. The molecule has 13 heteroatoms. The van der Waals surface area contributed by atoms with E-state index in [2.05, 4.69) is 24.0 Å². The van der Waals surface area contributed by atoms with E-state index in [1.54, 1.807) is 25.2 Å². The van der Waals surface area contributed by atoms with Crippen molar-refractivity contribution in [2.45, 2.75) is 18.1 Å². The van der Waals surface area contributed by atoms with Gasteiger partial charge in [0.15, 0.2) is 11.8 Å². The lowest BCUT2D eigenvalue weighted by molar-refractivity contribution is -0.118. The van der Waals surface area contributed by atoms with Crippen molar-refractivity contribution >= 4 is 38.4 Å². The third kappa shape index (κ3) is 5.22. The topological polar surface area (TPSA) is 122 Å². The monoisotopic (exact) mass is 563 g/mol. The summed E-state index contributed by atoms with van der Waals surface area (Å²) in [6, 6.07) is 16.4. The molecule has 38 heavy (non-hydrogen) atoms. The first-order valence-electron chi connectivity index (χ1n) is 11.5. The lowest BCUT2D eigenvalue weighted by Gasteiger charge is -2.20. The molecule has 1 aliphatic heterocycles. The Morgan fingerprint density at radius 1 is 1.18 bits per heavy atom. The normalized spacial score (nSPS) is 20.4. The number of nitrogens with zero attached hydrogens (tertiary/aromatic N) is 3. The van der Waals surface area contributed by atoms with E-state index in [0.717, 1.165) is 16.7 Å². The first kappa shape index (κ1) is 26.4. The summed E-state index contributed by atoms with van der Waals surface area (Å²) in [5.74, 6) is -3.37. The number of fused-ring (bicyclic) bond motifs is 1. The second kappa shape index (κ2) is 10.2. The maximum Gasteiger partial charge on any atom is 0.314 e. The van der Waals surface area contributed by atoms with E-state index < -0.39 is 34.7 Å². The number of benzene rings is 2. The van der Waals surface area contributed by atoms with E-state index in [4.69, 9.17) is 26.2 Å². The predicted molar refractivity (Wildman–Crippen MR) is 141 cm³/mol. The molecule has 3 N–H and O–H groups in total. The summed E-state index contributed by atoms with van der Waals surface area (Å²) in [5.41, 5.74) is 4.37. The second-order valence-electron chi connectivity index (χ2n) is 8.74. The molecule has 3 heterocycles. The van der Waals surface area contributed by atoms with Gasteiger partial charge in [0.2, 0.25) is 0 Å². The highest BCUT2D eigenvalue weighted by Crippen LogP contribution is 2.35. The van der Waals surface area contributed by atoms with Crippen molar-refractivity contribution in [1.82, 2.24) is 19.7 Å². The van der Waals surface area contributed by atoms with E-state index in [-0.39, 0.29) is 18.3 Å². The van der Waals surface area contributed by atoms with E-state index in [1.165, 1.54) is 6.26 Å². The van der Waals surface area contributed by atoms with Crippen LogP contribution in [0.25, 0.3) is 33.5 Å². The second-order valence-corrected chi connectivity index (χ2v) is 11.3. The summed E-state index contributed by atoms with van der Waals surface area (Å²) in [5, 5.41) is 9.42. The standard InChI is InChI=1S/C25H24ClF2N5O4S/c1-29-38(2,35)33-17-9-7-15(8-10-17)14-3-5-16(6-4-14)22-18(26)11-19-23(31-22)32-24(30-19)37-21-13-36-20(12-34)25(21,27)28/h3-11,20-21,34H,12-13H2,1-2H3,(H,29,33,35)(H,30,31,32)/t20-,21-,38?/m1/s1. The van der Waals surface area contributed by atoms with Gasteiger partial charge in [-0.15, -0.1) is 0 Å². The number of imidazole rings is 1. The average Bonchev–Trinajstić information content (AvgIpc) is 3.42. The molecule has 0 bridgehead atoms. The number of aromatic amines is 1. The molecule has 5 rings (SSSR count). The molecule has 1 unspecified atom stereocenters. The van der Waals surface area contributed by atoms with Gasteiger partial charge < -0.3 is 19.6 Å². The number of nitrogens with one attached hydrogen (secondary N) is 2. The summed E-state index contributed by atoms with van der Waals surface area (Å²) >= 11 is 6.48. The maximum absolute atomic E-state index is 14.3. The number of ether oxygens (including phenoxy) is 2. The summed E-state index contributed by atoms with van der Waals surface area (Å²) in [6.45, 7) is -1.20. The van der Waals surface area contributed by atoms with Crippen molar-refractivity contribution in [3.05, 3.63) is 59.6 Å². The summed E-state index contributed by atoms with van der Waals surface area (Å²) in [7, 11) is -0.880. The Morgan fingerprint density at radius 3 is 2.42 bits per heavy atom. The first-order chi connectivity index (χ1) is 18.1. The molecule has 3 atom stereocenters. The number of aromatic nitrogens is 3. The van der Waals surface area contributed by atoms with Gasteiger partial charge in [0.05, 0.1) is 35.1 Å². The molecule has 9 nitrogen and oxygen atoms in total. The van der Waals surface area contributed by atoms with Crippen molar-refractivity contribution in [3.8, 4) is 28.4 Å². The highest BCUT2D eigenvalue weighted by molar-refractivity contribution is 7.91. The van der Waals surface area contributed by atoms with Gasteiger partial charge in [-0.25, -0.2) is 13.9 Å². The largest absolute Gasteiger partial charge is 0.452 e. The Kier molecular flexibility index (Phi) is 7.09. The van der Waals surface area contributed by atoms with E-state index in [0.29, 0.717) is 21.9 Å². The van der Waals surface area contributed by atoms with Crippen molar-refractivity contribution in [2.24, 2.45) is 4.36 Å². The van der Waals surface area contributed by atoms with Crippen LogP contribution in [0.2, 0.25) is 5.02 Å². The molecule has 1 fully saturated rings. The third-order valence-electron chi connectivity index (χ3n) is 6.15. The maximum atomic E-state index is 14.3. The smallest absolute Gasteiger partial charge is 0.314 e. The predicted octanol–water partition coefficient (Wildman–Crippen LogP) is 4.58. The van der Waals surface area contributed by atoms with E-state index in [9.17, 15) is 13.0 Å². The molecule has 0 aliphatic carbocycles. The van der Waals surface area contributed by atoms with Crippen LogP contribution < -0.4 is 9.46 Å². The van der Waals surface area contributed by atoms with Crippen molar-refractivity contribution in [3.63, 3.8) is 0 Å². The first-order valence-corrected chi connectivity index (χ1v) is 13.8. The van der Waals surface area contributed by atoms with Crippen LogP contribution >= 0.6 is 11.6 Å². The highest BCUT2D eigenvalue weighted by atomic mass is 35.5. The molecule has 1 saturated heterocycles. The van der Waals surface area contributed by atoms with Gasteiger partial charge in [0.1, 0.15) is 16.0 Å². The molecule has 1 aliphatic rings. The Bertz CT molecular complexity index is 1590. The SMILES string of the molecule is CNS(C)(=O)=Nc1ccc(-c2ccc(-c3nc4nc(O[C@@H]5CO[C@H](CO)C5(F)F)[nH]c4cc3Cl)cc2)cc1. The molecule has 0 saturated carbocycles. The minimum atomic E-state index is -3.37. The average molecular weight is 564 g/mol. The molecule has 0 radical (unpaired) electrons. The van der Waals surface area contributed by atoms with Gasteiger partial charge in [-0.2, -0.15) is 18.1 Å². The Hall–Kier alpha value is -3.16. The van der Waals surface area contributed by atoms with Crippen LogP contribution in [-0.4, -0.2) is 68.9 Å². The lowest BCUT2D eigenvalue weighted by atomic mass is 10.0. The molecular formula is C25H24ClF2N5O4S. The van der Waals surface area contributed by atoms with Crippen LogP contribution in [0.1, 0.15) is 0 Å². The summed E-state index contributed by atoms with van der Waals surface area (Å²) in [6.07, 6.45) is -1.69. The Balaban J connectivity index is 1.36. The molecule has 0 spiro atoms. The summed E-state index contributed by atoms with van der Waals surface area (Å²) < 4.78 is 57.9. The fourth-order valence-corrected chi connectivity index (χ4v) is 4.87. The number of alkyl halides is 2. The number of hydrogen-bond acceptors (Lipinski definition) is 7.